The summed E-state index contributed by atoms with van der Waals surface area (Å²) in [6.45, 7) is 4.06. The van der Waals surface area contributed by atoms with Gasteiger partial charge in [-0.2, -0.15) is 0 Å². The van der Waals surface area contributed by atoms with Crippen LogP contribution in [0, 0.1) is 11.8 Å². The van der Waals surface area contributed by atoms with Crippen molar-refractivity contribution in [3.63, 3.8) is 0 Å². The normalized spacial score (nSPS) is 32.7. The van der Waals surface area contributed by atoms with E-state index in [1.165, 1.54) is 32.1 Å². The molecule has 2 fully saturated rings. The van der Waals surface area contributed by atoms with Crippen LogP contribution >= 0.6 is 0 Å². The lowest BCUT2D eigenvalue weighted by Gasteiger charge is -2.40. The third kappa shape index (κ3) is 3.69. The van der Waals surface area contributed by atoms with Gasteiger partial charge < -0.3 is 15.7 Å². The van der Waals surface area contributed by atoms with E-state index in [4.69, 9.17) is 0 Å². The standard InChI is InChI=1S/C15H28N2O2/c1-10(2)14(9-18)17-15(19)13-8-7-11-5-3-4-6-12(11)16-13/h10-14,16,18H,3-9H2,1-2H3,(H,17,19)/t11?,12?,13?,14-/m1/s1. The van der Waals surface area contributed by atoms with Crippen molar-refractivity contribution in [1.82, 2.24) is 10.6 Å². The highest BCUT2D eigenvalue weighted by molar-refractivity contribution is 5.82. The maximum atomic E-state index is 12.3. The van der Waals surface area contributed by atoms with Gasteiger partial charge in [-0.25, -0.2) is 0 Å². The molecule has 3 N–H and O–H groups in total. The molecule has 1 aliphatic heterocycles. The van der Waals surface area contributed by atoms with Gasteiger partial charge in [-0.1, -0.05) is 26.7 Å². The molecule has 1 amide bonds. The van der Waals surface area contributed by atoms with E-state index in [2.05, 4.69) is 10.6 Å². The first-order valence-corrected chi connectivity index (χ1v) is 7.79. The van der Waals surface area contributed by atoms with E-state index in [-0.39, 0.29) is 30.5 Å². The molecule has 0 bridgehead atoms. The summed E-state index contributed by atoms with van der Waals surface area (Å²) >= 11 is 0. The minimum atomic E-state index is -0.127. The van der Waals surface area contributed by atoms with Gasteiger partial charge in [0.1, 0.15) is 0 Å². The lowest BCUT2D eigenvalue weighted by atomic mass is 9.77. The molecule has 1 aliphatic carbocycles. The van der Waals surface area contributed by atoms with Gasteiger partial charge in [-0.05, 0) is 37.5 Å². The average molecular weight is 268 g/mol. The van der Waals surface area contributed by atoms with Crippen molar-refractivity contribution >= 4 is 5.91 Å². The van der Waals surface area contributed by atoms with Crippen molar-refractivity contribution in [1.29, 1.82) is 0 Å². The zero-order valence-electron chi connectivity index (χ0n) is 12.2. The molecule has 0 aromatic carbocycles. The fourth-order valence-corrected chi connectivity index (χ4v) is 3.41. The second kappa shape index (κ2) is 6.71. The molecule has 4 atom stereocenters. The van der Waals surface area contributed by atoms with Gasteiger partial charge in [0.15, 0.2) is 0 Å². The van der Waals surface area contributed by atoms with E-state index < -0.39 is 0 Å². The summed E-state index contributed by atoms with van der Waals surface area (Å²) in [5, 5.41) is 15.8. The Morgan fingerprint density at radius 2 is 2.00 bits per heavy atom. The number of carbonyl (C=O) groups excluding carboxylic acids is 1. The van der Waals surface area contributed by atoms with Crippen LogP contribution in [0.4, 0.5) is 0 Å². The smallest absolute Gasteiger partial charge is 0.237 e. The van der Waals surface area contributed by atoms with Crippen molar-refractivity contribution in [2.75, 3.05) is 6.61 Å². The minimum absolute atomic E-state index is 0.0161. The molecular formula is C15H28N2O2. The Hall–Kier alpha value is -0.610. The SMILES string of the molecule is CC(C)[C@@H](CO)NC(=O)C1CCC2CCCCC2N1. The molecule has 1 saturated carbocycles. The number of carbonyl (C=O) groups is 1. The van der Waals surface area contributed by atoms with Crippen molar-refractivity contribution in [2.24, 2.45) is 11.8 Å². The summed E-state index contributed by atoms with van der Waals surface area (Å²) < 4.78 is 0. The van der Waals surface area contributed by atoms with Crippen molar-refractivity contribution in [2.45, 2.75) is 70.5 Å². The van der Waals surface area contributed by atoms with Crippen LogP contribution in [0.3, 0.4) is 0 Å². The van der Waals surface area contributed by atoms with Crippen molar-refractivity contribution in [3.8, 4) is 0 Å². The Balaban J connectivity index is 1.86. The molecule has 19 heavy (non-hydrogen) atoms. The molecule has 4 heteroatoms. The fraction of sp³-hybridized carbons (Fsp3) is 0.933. The van der Waals surface area contributed by atoms with Crippen LogP contribution in [0.1, 0.15) is 52.4 Å². The van der Waals surface area contributed by atoms with Crippen molar-refractivity contribution in [3.05, 3.63) is 0 Å². The molecule has 0 aromatic heterocycles. The van der Waals surface area contributed by atoms with Gasteiger partial charge in [0.25, 0.3) is 0 Å². The summed E-state index contributed by atoms with van der Waals surface area (Å²) in [6.07, 6.45) is 7.26. The third-order valence-corrected chi connectivity index (χ3v) is 4.80. The minimum Gasteiger partial charge on any atom is -0.394 e. The Kier molecular flexibility index (Phi) is 5.22. The van der Waals surface area contributed by atoms with E-state index in [0.29, 0.717) is 6.04 Å². The average Bonchev–Trinajstić information content (AvgIpc) is 2.43. The van der Waals surface area contributed by atoms with E-state index >= 15 is 0 Å². The first kappa shape index (κ1) is 14.8. The van der Waals surface area contributed by atoms with Gasteiger partial charge in [0.05, 0.1) is 18.7 Å². The Bertz CT molecular complexity index is 307. The lowest BCUT2D eigenvalue weighted by molar-refractivity contribution is -0.125. The number of hydrogen-bond donors (Lipinski definition) is 3. The molecule has 4 nitrogen and oxygen atoms in total. The molecule has 1 heterocycles. The molecule has 2 rings (SSSR count). The number of hydrogen-bond acceptors (Lipinski definition) is 3. The maximum Gasteiger partial charge on any atom is 0.237 e. The van der Waals surface area contributed by atoms with Crippen LogP contribution < -0.4 is 10.6 Å². The van der Waals surface area contributed by atoms with Crippen LogP contribution in [0.5, 0.6) is 0 Å². The molecule has 0 radical (unpaired) electrons. The molecule has 0 aromatic rings. The fourth-order valence-electron chi connectivity index (χ4n) is 3.41. The summed E-state index contributed by atoms with van der Waals surface area (Å²) in [5.74, 6) is 1.10. The summed E-state index contributed by atoms with van der Waals surface area (Å²) in [7, 11) is 0. The number of rotatable bonds is 4. The Labute approximate surface area is 116 Å². The largest absolute Gasteiger partial charge is 0.394 e. The zero-order chi connectivity index (χ0) is 13.8. The number of piperidine rings is 1. The third-order valence-electron chi connectivity index (χ3n) is 4.80. The van der Waals surface area contributed by atoms with Crippen molar-refractivity contribution < 1.29 is 9.90 Å². The van der Waals surface area contributed by atoms with E-state index in [1.807, 2.05) is 13.8 Å². The quantitative estimate of drug-likeness (QED) is 0.723. The zero-order valence-corrected chi connectivity index (χ0v) is 12.2. The van der Waals surface area contributed by atoms with Crippen LogP contribution in [0.2, 0.25) is 0 Å². The van der Waals surface area contributed by atoms with Gasteiger partial charge >= 0.3 is 0 Å². The number of amides is 1. The van der Waals surface area contributed by atoms with Gasteiger partial charge in [-0.15, -0.1) is 0 Å². The van der Waals surface area contributed by atoms with E-state index in [1.54, 1.807) is 0 Å². The first-order chi connectivity index (χ1) is 9.11. The van der Waals surface area contributed by atoms with Gasteiger partial charge in [-0.3, -0.25) is 4.79 Å². The molecule has 0 spiro atoms. The summed E-state index contributed by atoms with van der Waals surface area (Å²) in [5.41, 5.74) is 0. The molecular weight excluding hydrogens is 240 g/mol. The topological polar surface area (TPSA) is 61.4 Å². The van der Waals surface area contributed by atoms with Crippen LogP contribution in [0.15, 0.2) is 0 Å². The molecule has 1 saturated heterocycles. The highest BCUT2D eigenvalue weighted by Crippen LogP contribution is 2.32. The summed E-state index contributed by atoms with van der Waals surface area (Å²) in [6, 6.07) is 0.343. The molecule has 2 aliphatic rings. The Morgan fingerprint density at radius 1 is 1.26 bits per heavy atom. The lowest BCUT2D eigenvalue weighted by Crippen LogP contribution is -2.57. The van der Waals surface area contributed by atoms with E-state index in [0.717, 1.165) is 12.3 Å². The number of aliphatic hydroxyl groups excluding tert-OH is 1. The van der Waals surface area contributed by atoms with Gasteiger partial charge in [0.2, 0.25) is 5.91 Å². The molecule has 3 unspecified atom stereocenters. The number of fused-ring (bicyclic) bond motifs is 1. The molecule has 110 valence electrons. The predicted octanol–water partition coefficient (Wildman–Crippen LogP) is 1.43. The summed E-state index contributed by atoms with van der Waals surface area (Å²) in [4.78, 5) is 12.3. The maximum absolute atomic E-state index is 12.3. The monoisotopic (exact) mass is 268 g/mol. The Morgan fingerprint density at radius 3 is 2.68 bits per heavy atom. The van der Waals surface area contributed by atoms with Crippen LogP contribution in [-0.2, 0) is 4.79 Å². The number of nitrogens with one attached hydrogen (secondary N) is 2. The second-order valence-electron chi connectivity index (χ2n) is 6.49. The predicted molar refractivity (Wildman–Crippen MR) is 75.8 cm³/mol. The highest BCUT2D eigenvalue weighted by atomic mass is 16.3. The second-order valence-corrected chi connectivity index (χ2v) is 6.49. The van der Waals surface area contributed by atoms with Crippen LogP contribution in [-0.4, -0.2) is 35.7 Å². The van der Waals surface area contributed by atoms with Gasteiger partial charge in [0, 0.05) is 6.04 Å². The highest BCUT2D eigenvalue weighted by Gasteiger charge is 2.34. The van der Waals surface area contributed by atoms with E-state index in [9.17, 15) is 9.90 Å². The first-order valence-electron chi connectivity index (χ1n) is 7.79. The van der Waals surface area contributed by atoms with Crippen LogP contribution in [0.25, 0.3) is 0 Å². The number of aliphatic hydroxyl groups is 1.